The molecule has 2 aromatic rings. The molecule has 0 bridgehead atoms. The minimum absolute atomic E-state index is 0.0630. The highest BCUT2D eigenvalue weighted by Crippen LogP contribution is 2.29. The smallest absolute Gasteiger partial charge is 0.325 e. The maximum Gasteiger partial charge on any atom is 0.325 e. The van der Waals surface area contributed by atoms with Crippen LogP contribution in [0.5, 0.6) is 0 Å². The van der Waals surface area contributed by atoms with Gasteiger partial charge in [-0.1, -0.05) is 60.2 Å². The number of carbonyl (C=O) groups is 3. The largest absolute Gasteiger partial charge is 0.334 e. The first-order valence-corrected chi connectivity index (χ1v) is 9.77. The Morgan fingerprint density at radius 1 is 1.07 bits per heavy atom. The van der Waals surface area contributed by atoms with Crippen LogP contribution in [-0.4, -0.2) is 40.2 Å². The van der Waals surface area contributed by atoms with Crippen molar-refractivity contribution in [2.45, 2.75) is 45.8 Å². The summed E-state index contributed by atoms with van der Waals surface area (Å²) < 4.78 is 0. The fourth-order valence-electron chi connectivity index (χ4n) is 3.49. The van der Waals surface area contributed by atoms with E-state index < -0.39 is 17.5 Å². The molecule has 3 rings (SSSR count). The molecule has 0 aliphatic carbocycles. The molecule has 1 saturated heterocycles. The number of hydrogen-bond donors (Lipinski definition) is 1. The molecule has 6 nitrogen and oxygen atoms in total. The van der Waals surface area contributed by atoms with Crippen molar-refractivity contribution in [2.24, 2.45) is 0 Å². The Morgan fingerprint density at radius 3 is 2.28 bits per heavy atom. The first kappa shape index (κ1) is 20.6. The van der Waals surface area contributed by atoms with E-state index >= 15 is 0 Å². The monoisotopic (exact) mass is 393 g/mol. The van der Waals surface area contributed by atoms with Crippen LogP contribution < -0.4 is 5.32 Å². The van der Waals surface area contributed by atoms with Crippen molar-refractivity contribution in [1.29, 1.82) is 0 Å². The lowest BCUT2D eigenvalue weighted by molar-refractivity contribution is -0.140. The van der Waals surface area contributed by atoms with Crippen LogP contribution in [0.25, 0.3) is 0 Å². The fraction of sp³-hybridized carbons (Fsp3) is 0.348. The molecule has 1 aliphatic heterocycles. The Labute approximate surface area is 171 Å². The van der Waals surface area contributed by atoms with Crippen molar-refractivity contribution >= 4 is 17.8 Å². The number of benzene rings is 2. The number of urea groups is 1. The molecule has 1 N–H and O–H groups in total. The number of amides is 4. The highest BCUT2D eigenvalue weighted by molar-refractivity contribution is 6.09. The summed E-state index contributed by atoms with van der Waals surface area (Å²) in [5, 5.41) is 2.76. The average molecular weight is 393 g/mol. The fourth-order valence-corrected chi connectivity index (χ4v) is 3.49. The van der Waals surface area contributed by atoms with Crippen molar-refractivity contribution in [3.8, 4) is 0 Å². The Morgan fingerprint density at radius 2 is 1.69 bits per heavy atom. The zero-order chi connectivity index (χ0) is 21.2. The third-order valence-corrected chi connectivity index (χ3v) is 5.34. The second-order valence-electron chi connectivity index (χ2n) is 7.91. The summed E-state index contributed by atoms with van der Waals surface area (Å²) in [5.74, 6) is -0.677. The van der Waals surface area contributed by atoms with E-state index in [0.717, 1.165) is 16.0 Å². The predicted molar refractivity (Wildman–Crippen MR) is 111 cm³/mol. The third kappa shape index (κ3) is 4.16. The van der Waals surface area contributed by atoms with E-state index in [1.54, 1.807) is 11.8 Å². The Balaban J connectivity index is 1.77. The van der Waals surface area contributed by atoms with E-state index in [-0.39, 0.29) is 18.5 Å². The van der Waals surface area contributed by atoms with Gasteiger partial charge in [-0.05, 0) is 38.8 Å². The minimum atomic E-state index is -1.17. The summed E-state index contributed by atoms with van der Waals surface area (Å²) in [6.45, 7) is 7.62. The predicted octanol–water partition coefficient (Wildman–Crippen LogP) is 3.20. The second kappa shape index (κ2) is 8.07. The van der Waals surface area contributed by atoms with E-state index in [9.17, 15) is 14.4 Å². The van der Waals surface area contributed by atoms with Gasteiger partial charge < -0.3 is 10.2 Å². The third-order valence-electron chi connectivity index (χ3n) is 5.34. The van der Waals surface area contributed by atoms with Crippen LogP contribution in [0.1, 0.15) is 37.5 Å². The lowest BCUT2D eigenvalue weighted by Crippen LogP contribution is -2.46. The van der Waals surface area contributed by atoms with Crippen LogP contribution >= 0.6 is 0 Å². The summed E-state index contributed by atoms with van der Waals surface area (Å²) in [6, 6.07) is 16.5. The molecule has 0 saturated carbocycles. The van der Waals surface area contributed by atoms with Gasteiger partial charge in [0.15, 0.2) is 0 Å². The number of imide groups is 1. The highest BCUT2D eigenvalue weighted by atomic mass is 16.2. The van der Waals surface area contributed by atoms with E-state index in [1.807, 2.05) is 75.4 Å². The number of aryl methyl sites for hydroxylation is 1. The van der Waals surface area contributed by atoms with Crippen LogP contribution in [0.3, 0.4) is 0 Å². The van der Waals surface area contributed by atoms with Crippen LogP contribution in [0.2, 0.25) is 0 Å². The maximum absolute atomic E-state index is 13.1. The van der Waals surface area contributed by atoms with Gasteiger partial charge in [0, 0.05) is 12.6 Å². The summed E-state index contributed by atoms with van der Waals surface area (Å²) in [5.41, 5.74) is 1.58. The van der Waals surface area contributed by atoms with Gasteiger partial charge in [-0.25, -0.2) is 4.79 Å². The zero-order valence-electron chi connectivity index (χ0n) is 17.3. The number of nitrogens with one attached hydrogen (secondary N) is 1. The van der Waals surface area contributed by atoms with Crippen molar-refractivity contribution in [2.75, 3.05) is 6.54 Å². The van der Waals surface area contributed by atoms with Gasteiger partial charge in [0.25, 0.3) is 5.91 Å². The Kier molecular flexibility index (Phi) is 5.73. The normalized spacial score (nSPS) is 18.9. The molecule has 4 amide bonds. The van der Waals surface area contributed by atoms with Gasteiger partial charge in [0.1, 0.15) is 12.1 Å². The average Bonchev–Trinajstić information content (AvgIpc) is 2.91. The van der Waals surface area contributed by atoms with E-state index in [4.69, 9.17) is 0 Å². The number of carbonyl (C=O) groups excluding carboxylic acids is 3. The second-order valence-corrected chi connectivity index (χ2v) is 7.91. The van der Waals surface area contributed by atoms with Crippen molar-refractivity contribution in [1.82, 2.24) is 15.1 Å². The van der Waals surface area contributed by atoms with Crippen molar-refractivity contribution in [3.05, 3.63) is 71.3 Å². The molecular weight excluding hydrogens is 366 g/mol. The number of rotatable bonds is 6. The first-order valence-electron chi connectivity index (χ1n) is 9.77. The molecule has 2 aromatic carbocycles. The number of hydrogen-bond acceptors (Lipinski definition) is 3. The van der Waals surface area contributed by atoms with Crippen LogP contribution in [0.4, 0.5) is 4.79 Å². The molecule has 29 heavy (non-hydrogen) atoms. The SMILES string of the molecule is Cc1ccc(C2(C)NC(=O)N(CC(=O)N(Cc3ccccc3)C(C)C)C2=O)cc1. The molecule has 1 heterocycles. The van der Waals surface area contributed by atoms with Gasteiger partial charge in [-0.15, -0.1) is 0 Å². The molecular formula is C23H27N3O3. The molecule has 1 fully saturated rings. The first-order chi connectivity index (χ1) is 13.7. The minimum Gasteiger partial charge on any atom is -0.334 e. The van der Waals surface area contributed by atoms with Gasteiger partial charge in [-0.2, -0.15) is 0 Å². The molecule has 152 valence electrons. The van der Waals surface area contributed by atoms with Crippen LogP contribution in [0.15, 0.2) is 54.6 Å². The zero-order valence-corrected chi connectivity index (χ0v) is 17.3. The highest BCUT2D eigenvalue weighted by Gasteiger charge is 2.49. The topological polar surface area (TPSA) is 69.7 Å². The van der Waals surface area contributed by atoms with Gasteiger partial charge in [-0.3, -0.25) is 14.5 Å². The molecule has 6 heteroatoms. The molecule has 1 aliphatic rings. The number of nitrogens with zero attached hydrogens (tertiary/aromatic N) is 2. The molecule has 0 spiro atoms. The van der Waals surface area contributed by atoms with Crippen molar-refractivity contribution in [3.63, 3.8) is 0 Å². The van der Waals surface area contributed by atoms with Gasteiger partial charge in [0.2, 0.25) is 5.91 Å². The van der Waals surface area contributed by atoms with Gasteiger partial charge in [0.05, 0.1) is 0 Å². The molecule has 0 radical (unpaired) electrons. The molecule has 1 atom stereocenters. The molecule has 1 unspecified atom stereocenters. The Hall–Kier alpha value is -3.15. The summed E-state index contributed by atoms with van der Waals surface area (Å²) in [4.78, 5) is 41.3. The van der Waals surface area contributed by atoms with E-state index in [1.165, 1.54) is 0 Å². The van der Waals surface area contributed by atoms with E-state index in [0.29, 0.717) is 12.1 Å². The Bertz CT molecular complexity index is 909. The summed E-state index contributed by atoms with van der Waals surface area (Å²) in [7, 11) is 0. The quantitative estimate of drug-likeness (QED) is 0.766. The molecule has 0 aromatic heterocycles. The summed E-state index contributed by atoms with van der Waals surface area (Å²) in [6.07, 6.45) is 0. The lowest BCUT2D eigenvalue weighted by Gasteiger charge is -2.28. The van der Waals surface area contributed by atoms with Gasteiger partial charge >= 0.3 is 6.03 Å². The standard InChI is InChI=1S/C23H27N3O3/c1-16(2)25(14-18-8-6-5-7-9-18)20(27)15-26-21(28)23(4,24-22(26)29)19-12-10-17(3)11-13-19/h5-13,16H,14-15H2,1-4H3,(H,24,29). The summed E-state index contributed by atoms with van der Waals surface area (Å²) >= 11 is 0. The van der Waals surface area contributed by atoms with Crippen LogP contribution in [0, 0.1) is 6.92 Å². The van der Waals surface area contributed by atoms with E-state index in [2.05, 4.69) is 5.32 Å². The maximum atomic E-state index is 13.1. The van der Waals surface area contributed by atoms with Crippen molar-refractivity contribution < 1.29 is 14.4 Å². The lowest BCUT2D eigenvalue weighted by atomic mass is 9.91. The van der Waals surface area contributed by atoms with Crippen LogP contribution in [-0.2, 0) is 21.7 Å².